The highest BCUT2D eigenvalue weighted by atomic mass is 35.5. The Morgan fingerprint density at radius 1 is 1.62 bits per heavy atom. The number of hydrogen-bond acceptors (Lipinski definition) is 4. The first kappa shape index (κ1) is 9.73. The minimum atomic E-state index is -0.540. The van der Waals surface area contributed by atoms with Gasteiger partial charge in [0.15, 0.2) is 0 Å². The normalized spacial score (nSPS) is 9.46. The average molecular weight is 202 g/mol. The Labute approximate surface area is 80.3 Å². The number of halogens is 1. The van der Waals surface area contributed by atoms with Gasteiger partial charge in [0.2, 0.25) is 0 Å². The Kier molecular flexibility index (Phi) is 3.02. The molecule has 0 aliphatic heterocycles. The predicted octanol–water partition coefficient (Wildman–Crippen LogP) is 1.19. The molecule has 0 aromatic carbocycles. The summed E-state index contributed by atoms with van der Waals surface area (Å²) in [6.45, 7) is 0. The molecule has 0 saturated carbocycles. The van der Waals surface area contributed by atoms with E-state index in [1.807, 2.05) is 0 Å². The molecule has 1 aromatic heterocycles. The SMILES string of the molecule is CN(C)C(=O)Oc1nccc(Cl)n1. The van der Waals surface area contributed by atoms with Crippen LogP contribution in [0, 0.1) is 0 Å². The lowest BCUT2D eigenvalue weighted by molar-refractivity contribution is 0.168. The number of rotatable bonds is 1. The van der Waals surface area contributed by atoms with Crippen molar-refractivity contribution >= 4 is 17.7 Å². The molecule has 0 aliphatic rings. The van der Waals surface area contributed by atoms with Crippen LogP contribution in [0.1, 0.15) is 0 Å². The zero-order valence-electron chi connectivity index (χ0n) is 7.19. The molecule has 6 heteroatoms. The second kappa shape index (κ2) is 4.04. The van der Waals surface area contributed by atoms with E-state index < -0.39 is 6.09 Å². The van der Waals surface area contributed by atoms with Crippen LogP contribution in [0.2, 0.25) is 5.15 Å². The van der Waals surface area contributed by atoms with Crippen LogP contribution < -0.4 is 4.74 Å². The summed E-state index contributed by atoms with van der Waals surface area (Å²) in [7, 11) is 3.12. The molecule has 13 heavy (non-hydrogen) atoms. The fourth-order valence-electron chi connectivity index (χ4n) is 0.539. The summed E-state index contributed by atoms with van der Waals surface area (Å²) in [6.07, 6.45) is 0.871. The van der Waals surface area contributed by atoms with E-state index in [2.05, 4.69) is 9.97 Å². The lowest BCUT2D eigenvalue weighted by atomic mass is 10.7. The van der Waals surface area contributed by atoms with Crippen molar-refractivity contribution in [3.05, 3.63) is 17.4 Å². The third kappa shape index (κ3) is 2.87. The fraction of sp³-hybridized carbons (Fsp3) is 0.286. The summed E-state index contributed by atoms with van der Waals surface area (Å²) >= 11 is 5.55. The summed E-state index contributed by atoms with van der Waals surface area (Å²) in [5.41, 5.74) is 0. The van der Waals surface area contributed by atoms with Crippen molar-refractivity contribution in [3.63, 3.8) is 0 Å². The van der Waals surface area contributed by atoms with Crippen LogP contribution in [-0.4, -0.2) is 35.1 Å². The third-order valence-electron chi connectivity index (χ3n) is 1.14. The van der Waals surface area contributed by atoms with Gasteiger partial charge in [0.05, 0.1) is 0 Å². The lowest BCUT2D eigenvalue weighted by Crippen LogP contribution is -2.26. The smallest absolute Gasteiger partial charge is 0.374 e. The van der Waals surface area contributed by atoms with Gasteiger partial charge < -0.3 is 9.64 Å². The predicted molar refractivity (Wildman–Crippen MR) is 46.8 cm³/mol. The zero-order valence-corrected chi connectivity index (χ0v) is 7.95. The van der Waals surface area contributed by atoms with E-state index in [0.717, 1.165) is 0 Å². The van der Waals surface area contributed by atoms with Crippen molar-refractivity contribution in [2.45, 2.75) is 0 Å². The molecule has 0 saturated heterocycles. The summed E-state index contributed by atoms with van der Waals surface area (Å²) < 4.78 is 4.74. The van der Waals surface area contributed by atoms with Gasteiger partial charge in [-0.2, -0.15) is 4.98 Å². The quantitative estimate of drug-likeness (QED) is 0.641. The van der Waals surface area contributed by atoms with E-state index in [4.69, 9.17) is 16.3 Å². The van der Waals surface area contributed by atoms with Crippen molar-refractivity contribution in [1.82, 2.24) is 14.9 Å². The second-order valence-electron chi connectivity index (χ2n) is 2.42. The van der Waals surface area contributed by atoms with E-state index in [0.29, 0.717) is 0 Å². The van der Waals surface area contributed by atoms with Gasteiger partial charge in [0.1, 0.15) is 5.15 Å². The van der Waals surface area contributed by atoms with E-state index in [1.165, 1.54) is 17.2 Å². The van der Waals surface area contributed by atoms with E-state index in [9.17, 15) is 4.79 Å². The monoisotopic (exact) mass is 201 g/mol. The number of hydrogen-bond donors (Lipinski definition) is 0. The van der Waals surface area contributed by atoms with Gasteiger partial charge in [0, 0.05) is 20.3 Å². The fourth-order valence-corrected chi connectivity index (χ4v) is 0.667. The lowest BCUT2D eigenvalue weighted by Gasteiger charge is -2.08. The molecule has 1 aromatic rings. The average Bonchev–Trinajstić information content (AvgIpc) is 2.04. The van der Waals surface area contributed by atoms with E-state index >= 15 is 0 Å². The Morgan fingerprint density at radius 3 is 2.85 bits per heavy atom. The van der Waals surface area contributed by atoms with Crippen molar-refractivity contribution in [1.29, 1.82) is 0 Å². The van der Waals surface area contributed by atoms with Crippen LogP contribution in [-0.2, 0) is 0 Å². The van der Waals surface area contributed by atoms with Crippen LogP contribution in [0.15, 0.2) is 12.3 Å². The molecule has 0 unspecified atom stereocenters. The maximum Gasteiger partial charge on any atom is 0.417 e. The second-order valence-corrected chi connectivity index (χ2v) is 2.81. The molecule has 5 nitrogen and oxygen atoms in total. The van der Waals surface area contributed by atoms with Gasteiger partial charge in [0.25, 0.3) is 0 Å². The van der Waals surface area contributed by atoms with Gasteiger partial charge in [-0.3, -0.25) is 0 Å². The maximum atomic E-state index is 11.0. The molecule has 1 heterocycles. The summed E-state index contributed by atoms with van der Waals surface area (Å²) in [5.74, 6) is 0. The van der Waals surface area contributed by atoms with Crippen molar-refractivity contribution < 1.29 is 9.53 Å². The first-order chi connectivity index (χ1) is 6.09. The number of carbonyl (C=O) groups excluding carboxylic acids is 1. The topological polar surface area (TPSA) is 55.3 Å². The van der Waals surface area contributed by atoms with Crippen molar-refractivity contribution in [2.24, 2.45) is 0 Å². The van der Waals surface area contributed by atoms with E-state index in [1.54, 1.807) is 14.1 Å². The summed E-state index contributed by atoms with van der Waals surface area (Å²) in [5, 5.41) is 0.233. The number of aromatic nitrogens is 2. The highest BCUT2D eigenvalue weighted by Crippen LogP contribution is 2.07. The molecule has 1 rings (SSSR count). The van der Waals surface area contributed by atoms with E-state index in [-0.39, 0.29) is 11.2 Å². The van der Waals surface area contributed by atoms with Gasteiger partial charge in [-0.25, -0.2) is 9.78 Å². The highest BCUT2D eigenvalue weighted by Gasteiger charge is 2.08. The first-order valence-electron chi connectivity index (χ1n) is 3.47. The van der Waals surface area contributed by atoms with Crippen LogP contribution in [0.4, 0.5) is 4.79 Å². The molecule has 0 bridgehead atoms. The molecular weight excluding hydrogens is 194 g/mol. The Bertz CT molecular complexity index is 316. The molecule has 0 spiro atoms. The standard InChI is InChI=1S/C7H8ClN3O2/c1-11(2)7(12)13-6-9-4-3-5(8)10-6/h3-4H,1-2H3. The number of ether oxygens (including phenoxy) is 1. The summed E-state index contributed by atoms with van der Waals surface area (Å²) in [4.78, 5) is 19.6. The molecule has 0 N–H and O–H groups in total. The zero-order chi connectivity index (χ0) is 9.84. The van der Waals surface area contributed by atoms with Gasteiger partial charge in [-0.15, -0.1) is 0 Å². The van der Waals surface area contributed by atoms with Gasteiger partial charge in [-0.05, 0) is 6.07 Å². The molecule has 0 fully saturated rings. The van der Waals surface area contributed by atoms with Crippen molar-refractivity contribution in [2.75, 3.05) is 14.1 Å². The molecule has 0 radical (unpaired) electrons. The van der Waals surface area contributed by atoms with Gasteiger partial charge in [-0.1, -0.05) is 11.6 Å². The largest absolute Gasteiger partial charge is 0.417 e. The third-order valence-corrected chi connectivity index (χ3v) is 1.35. The number of amides is 1. The first-order valence-corrected chi connectivity index (χ1v) is 3.85. The van der Waals surface area contributed by atoms with Crippen molar-refractivity contribution in [3.8, 4) is 6.01 Å². The Morgan fingerprint density at radius 2 is 2.31 bits per heavy atom. The Hall–Kier alpha value is -1.36. The highest BCUT2D eigenvalue weighted by molar-refractivity contribution is 6.29. The van der Waals surface area contributed by atoms with Crippen LogP contribution in [0.3, 0.4) is 0 Å². The molecule has 1 amide bonds. The maximum absolute atomic E-state index is 11.0. The van der Waals surface area contributed by atoms with Crippen LogP contribution >= 0.6 is 11.6 Å². The molecule has 70 valence electrons. The minimum absolute atomic E-state index is 0.0498. The molecule has 0 atom stereocenters. The van der Waals surface area contributed by atoms with Crippen LogP contribution in [0.25, 0.3) is 0 Å². The summed E-state index contributed by atoms with van der Waals surface area (Å²) in [6, 6.07) is 1.44. The number of carbonyl (C=O) groups is 1. The molecular formula is C7H8ClN3O2. The van der Waals surface area contributed by atoms with Crippen LogP contribution in [0.5, 0.6) is 6.01 Å². The molecule has 0 aliphatic carbocycles. The van der Waals surface area contributed by atoms with Gasteiger partial charge >= 0.3 is 12.1 Å². The number of nitrogens with zero attached hydrogens (tertiary/aromatic N) is 3. The minimum Gasteiger partial charge on any atom is -0.374 e. The Balaban J connectivity index is 2.69.